The summed E-state index contributed by atoms with van der Waals surface area (Å²) in [6, 6.07) is 0. The third-order valence-electron chi connectivity index (χ3n) is 2.35. The molecule has 0 nitrogen and oxygen atoms in total. The summed E-state index contributed by atoms with van der Waals surface area (Å²) in [6.45, 7) is 9.32. The van der Waals surface area contributed by atoms with E-state index in [-0.39, 0.29) is 20.4 Å². The van der Waals surface area contributed by atoms with Crippen LogP contribution in [0.1, 0.15) is 34.1 Å². The van der Waals surface area contributed by atoms with Crippen molar-refractivity contribution in [2.24, 2.45) is 5.92 Å². The average Bonchev–Trinajstić information content (AvgIpc) is 2.33. The van der Waals surface area contributed by atoms with Crippen molar-refractivity contribution in [3.8, 4) is 0 Å². The minimum Gasteiger partial charge on any atom is -0.187 e. The average molecular weight is 175 g/mol. The van der Waals surface area contributed by atoms with Crippen LogP contribution in [-0.2, 0) is 0 Å². The molecule has 0 fully saturated rings. The molecular weight excluding hydrogens is 156 g/mol. The van der Waals surface area contributed by atoms with Gasteiger partial charge in [0.2, 0.25) is 0 Å². The smallest absolute Gasteiger partial charge is 0.187 e. The van der Waals surface area contributed by atoms with Gasteiger partial charge in [0.25, 0.3) is 0 Å². The molecule has 0 spiro atoms. The molecule has 0 radical (unpaired) electrons. The zero-order valence-corrected chi connectivity index (χ0v) is 10.1. The second kappa shape index (κ2) is 4.47. The summed E-state index contributed by atoms with van der Waals surface area (Å²) in [5, 5.41) is 0. The maximum absolute atomic E-state index is 2.36. The molecule has 0 atom stereocenters. The Labute approximate surface area is 85.8 Å². The second-order valence-electron chi connectivity index (χ2n) is 4.42. The minimum absolute atomic E-state index is 0.0494. The van der Waals surface area contributed by atoms with E-state index in [1.54, 1.807) is 9.28 Å². The minimum atomic E-state index is 0.0494. The van der Waals surface area contributed by atoms with Crippen molar-refractivity contribution < 1.29 is 0 Å². The Morgan fingerprint density at radius 1 is 1.25 bits per heavy atom. The molecule has 0 amide bonds. The normalized spacial score (nSPS) is 16.5. The van der Waals surface area contributed by atoms with Crippen molar-refractivity contribution in [2.45, 2.75) is 38.2 Å². The summed E-state index contributed by atoms with van der Waals surface area (Å²) in [5.41, 5.74) is 1.65. The van der Waals surface area contributed by atoms with Gasteiger partial charge in [0.15, 0.2) is 0 Å². The highest BCUT2D eigenvalue weighted by molar-refractivity contribution is 6.47. The number of rotatable bonds is 3. The fourth-order valence-corrected chi connectivity index (χ4v) is 3.94. The van der Waals surface area contributed by atoms with Gasteiger partial charge >= 0.3 is 20.4 Å². The van der Waals surface area contributed by atoms with Crippen LogP contribution in [0.25, 0.3) is 0 Å². The van der Waals surface area contributed by atoms with Crippen LogP contribution in [0.3, 0.4) is 0 Å². The first-order valence-electron chi connectivity index (χ1n) is 4.99. The van der Waals surface area contributed by atoms with Gasteiger partial charge in [-0.3, -0.25) is 0 Å². The first-order chi connectivity index (χ1) is 5.61. The van der Waals surface area contributed by atoms with Crippen molar-refractivity contribution in [3.63, 3.8) is 0 Å². The Morgan fingerprint density at radius 2 is 1.92 bits per heavy atom. The van der Waals surface area contributed by atoms with Crippen molar-refractivity contribution in [2.75, 3.05) is 0 Å². The second-order valence-corrected chi connectivity index (χ2v) is 7.31. The number of hydrogen-bond donors (Lipinski definition) is 0. The summed E-state index contributed by atoms with van der Waals surface area (Å²) in [7, 11) is 0. The monoisotopic (exact) mass is 174 g/mol. The van der Waals surface area contributed by atoms with Crippen LogP contribution in [0.15, 0.2) is 21.4 Å². The lowest BCUT2D eigenvalue weighted by atomic mass is 10.1. The summed E-state index contributed by atoms with van der Waals surface area (Å²) < 4.78 is 2.74. The zero-order chi connectivity index (χ0) is 9.14. The van der Waals surface area contributed by atoms with Gasteiger partial charge < -0.3 is 0 Å². The molecule has 0 saturated carbocycles. The summed E-state index contributed by atoms with van der Waals surface area (Å²) in [4.78, 5) is 0. The SMILES string of the molecule is C[CH](C)[Mg][C]1=C(C(C)C)C=CC1. The lowest BCUT2D eigenvalue weighted by Gasteiger charge is -2.11. The van der Waals surface area contributed by atoms with Crippen LogP contribution in [-0.4, -0.2) is 20.4 Å². The molecule has 0 aliphatic heterocycles. The lowest BCUT2D eigenvalue weighted by molar-refractivity contribution is 0.789. The highest BCUT2D eigenvalue weighted by Gasteiger charge is 2.14. The van der Waals surface area contributed by atoms with Gasteiger partial charge in [-0.05, 0) is 12.3 Å². The van der Waals surface area contributed by atoms with Crippen molar-refractivity contribution in [3.05, 3.63) is 21.4 Å². The van der Waals surface area contributed by atoms with Crippen molar-refractivity contribution >= 4 is 20.4 Å². The van der Waals surface area contributed by atoms with Crippen molar-refractivity contribution in [1.82, 2.24) is 0 Å². The standard InChI is InChI=1S/C8H11.C3H7.Mg/c1-7(2)8-5-3-4-6-8;1-3-2;/h3,5,7H,4H2,1-2H3;3H,1-2H3;. The van der Waals surface area contributed by atoms with Crippen LogP contribution in [0.4, 0.5) is 0 Å². The molecule has 0 aromatic heterocycles. The number of allylic oxidation sites excluding steroid dienone is 4. The zero-order valence-electron chi connectivity index (χ0n) is 8.72. The van der Waals surface area contributed by atoms with Crippen LogP contribution < -0.4 is 0 Å². The summed E-state index contributed by atoms with van der Waals surface area (Å²) in [6.07, 6.45) is 5.94. The molecule has 1 aliphatic rings. The third kappa shape index (κ3) is 2.63. The first-order valence-corrected chi connectivity index (χ1v) is 6.52. The van der Waals surface area contributed by atoms with Gasteiger partial charge in [-0.1, -0.05) is 45.4 Å². The molecule has 0 saturated heterocycles. The van der Waals surface area contributed by atoms with E-state index in [4.69, 9.17) is 0 Å². The van der Waals surface area contributed by atoms with Crippen LogP contribution >= 0.6 is 0 Å². The van der Waals surface area contributed by atoms with Crippen molar-refractivity contribution in [1.29, 1.82) is 0 Å². The van der Waals surface area contributed by atoms with Gasteiger partial charge in [-0.2, -0.15) is 3.70 Å². The molecule has 0 bridgehead atoms. The van der Waals surface area contributed by atoms with Crippen LogP contribution in [0.5, 0.6) is 0 Å². The van der Waals surface area contributed by atoms with E-state index in [1.165, 1.54) is 6.42 Å². The Bertz CT molecular complexity index is 209. The quantitative estimate of drug-likeness (QED) is 0.576. The Kier molecular flexibility index (Phi) is 3.85. The highest BCUT2D eigenvalue weighted by Crippen LogP contribution is 2.26. The fourth-order valence-electron chi connectivity index (χ4n) is 1.86. The lowest BCUT2D eigenvalue weighted by Crippen LogP contribution is -2.03. The molecule has 0 unspecified atom stereocenters. The number of hydrogen-bond acceptors (Lipinski definition) is 0. The first kappa shape index (κ1) is 10.3. The summed E-state index contributed by atoms with van der Waals surface area (Å²) >= 11 is 0.0494. The van der Waals surface area contributed by atoms with Crippen LogP contribution in [0, 0.1) is 5.92 Å². The van der Waals surface area contributed by atoms with Gasteiger partial charge in [-0.25, -0.2) is 0 Å². The van der Waals surface area contributed by atoms with E-state index in [9.17, 15) is 0 Å². The van der Waals surface area contributed by atoms with Crippen LogP contribution in [0.2, 0.25) is 4.05 Å². The predicted molar refractivity (Wildman–Crippen MR) is 56.5 cm³/mol. The Morgan fingerprint density at radius 3 is 2.42 bits per heavy atom. The van der Waals surface area contributed by atoms with Gasteiger partial charge in [0, 0.05) is 0 Å². The topological polar surface area (TPSA) is 0 Å². The van der Waals surface area contributed by atoms with E-state index < -0.39 is 0 Å². The van der Waals surface area contributed by atoms with Gasteiger partial charge in [-0.15, -0.1) is 4.05 Å². The molecule has 1 aliphatic carbocycles. The third-order valence-corrected chi connectivity index (χ3v) is 4.35. The maximum Gasteiger partial charge on any atom is 0.406 e. The Hall–Kier alpha value is 0.246. The van der Waals surface area contributed by atoms with E-state index in [0.717, 1.165) is 9.97 Å². The molecule has 1 heteroatoms. The van der Waals surface area contributed by atoms with E-state index in [0.29, 0.717) is 0 Å². The molecule has 0 heterocycles. The molecule has 0 N–H and O–H groups in total. The van der Waals surface area contributed by atoms with E-state index in [1.807, 2.05) is 0 Å². The molecular formula is C11H18Mg. The maximum atomic E-state index is 2.36. The molecule has 0 aromatic rings. The van der Waals surface area contributed by atoms with Gasteiger partial charge in [0.1, 0.15) is 0 Å². The fraction of sp³-hybridized carbons (Fsp3) is 0.636. The van der Waals surface area contributed by atoms with E-state index in [2.05, 4.69) is 39.8 Å². The Balaban J connectivity index is 2.68. The molecule has 1 rings (SSSR count). The molecule has 12 heavy (non-hydrogen) atoms. The predicted octanol–water partition coefficient (Wildman–Crippen LogP) is 3.39. The van der Waals surface area contributed by atoms with E-state index >= 15 is 0 Å². The molecule has 64 valence electrons. The summed E-state index contributed by atoms with van der Waals surface area (Å²) in [5.74, 6) is 0.741. The largest absolute Gasteiger partial charge is 0.406 e. The highest BCUT2D eigenvalue weighted by atomic mass is 24.5. The molecule has 0 aromatic carbocycles. The van der Waals surface area contributed by atoms with Gasteiger partial charge in [0.05, 0.1) is 0 Å².